The number of aromatic nitrogens is 1. The van der Waals surface area contributed by atoms with Gasteiger partial charge >= 0.3 is 23.9 Å². The molecule has 16 nitrogen and oxygen atoms in total. The van der Waals surface area contributed by atoms with Crippen LogP contribution >= 0.6 is 0 Å². The van der Waals surface area contributed by atoms with Gasteiger partial charge in [-0.25, -0.2) is 19.4 Å². The van der Waals surface area contributed by atoms with E-state index in [-0.39, 0.29) is 39.9 Å². The quantitative estimate of drug-likeness (QED) is 0.0606. The van der Waals surface area contributed by atoms with Gasteiger partial charge in [0.1, 0.15) is 11.5 Å². The number of benzene rings is 2. The Hall–Kier alpha value is -6.84. The number of esters is 2. The molecule has 292 valence electrons. The molecule has 3 amide bonds. The van der Waals surface area contributed by atoms with Crippen molar-refractivity contribution in [1.82, 2.24) is 10.3 Å². The highest BCUT2D eigenvalue weighted by molar-refractivity contribution is 6.11. The number of nitrogens with two attached hydrogens (primary N) is 1. The summed E-state index contributed by atoms with van der Waals surface area (Å²) in [6.07, 6.45) is 1.29. The lowest BCUT2D eigenvalue weighted by Gasteiger charge is -2.18. The van der Waals surface area contributed by atoms with E-state index >= 15 is 0 Å². The number of amides is 3. The molecule has 1 aliphatic carbocycles. The molecule has 2 heterocycles. The second kappa shape index (κ2) is 17.5. The fraction of sp³-hybridized carbons (Fsp3) is 0.300. The van der Waals surface area contributed by atoms with Crippen LogP contribution in [0, 0.1) is 25.7 Å². The molecule has 1 saturated carbocycles. The number of hydrogen-bond donors (Lipinski definition) is 3. The Labute approximate surface area is 321 Å². The monoisotopic (exact) mass is 767 g/mol. The number of amidine groups is 1. The summed E-state index contributed by atoms with van der Waals surface area (Å²) in [6.45, 7) is 11.9. The number of rotatable bonds is 14. The average Bonchev–Trinajstić information content (AvgIpc) is 3.93. The van der Waals surface area contributed by atoms with Crippen LogP contribution in [0.2, 0.25) is 0 Å². The molecule has 16 heteroatoms. The minimum Gasteiger partial charge on any atom is -0.440 e. The second-order valence-corrected chi connectivity index (χ2v) is 13.3. The molecule has 5 rings (SSSR count). The van der Waals surface area contributed by atoms with E-state index in [0.717, 1.165) is 18.4 Å². The van der Waals surface area contributed by atoms with E-state index in [9.17, 15) is 28.8 Å². The summed E-state index contributed by atoms with van der Waals surface area (Å²) in [4.78, 5) is 84.5. The summed E-state index contributed by atoms with van der Waals surface area (Å²) in [5, 5.41) is 5.65. The number of ether oxygens (including phenoxy) is 3. The Bertz CT molecular complexity index is 2270. The van der Waals surface area contributed by atoms with E-state index in [1.165, 1.54) is 50.2 Å². The van der Waals surface area contributed by atoms with Gasteiger partial charge in [0.2, 0.25) is 6.29 Å². The molecule has 4 aromatic rings. The molecule has 2 aromatic heterocycles. The average molecular weight is 768 g/mol. The molecule has 0 spiro atoms. The van der Waals surface area contributed by atoms with Crippen LogP contribution in [-0.2, 0) is 25.6 Å². The zero-order chi connectivity index (χ0) is 40.7. The third-order valence-electron chi connectivity index (χ3n) is 8.57. The van der Waals surface area contributed by atoms with Crippen LogP contribution < -0.4 is 22.2 Å². The van der Waals surface area contributed by atoms with Crippen molar-refractivity contribution in [2.75, 3.05) is 11.9 Å². The van der Waals surface area contributed by atoms with Crippen LogP contribution in [0.25, 0.3) is 17.2 Å². The van der Waals surface area contributed by atoms with Crippen LogP contribution in [0.15, 0.2) is 73.7 Å². The van der Waals surface area contributed by atoms with Crippen molar-refractivity contribution >= 4 is 47.4 Å². The summed E-state index contributed by atoms with van der Waals surface area (Å²) in [6, 6.07) is 12.4. The molecular formula is C40H41N5O11. The standard InChI is InChI=1S/C40H41N5O11/c1-7-25-17-30(35(46)43-27-12-10-26(11-13-27)34(41)45-39(50)52-19-32-22(5)53-40(51)56-32)29(16-21(25)4)28-14-15-31(36(47)42-18-24-8-9-24)44-33(28)38(49)55-23(6)54-37(48)20(2)3/h7,10-17,20,23-24H,1,8-9,18-19H2,2-6H3,(H,42,47)(H,43,46)(H2,41,45,50). The molecule has 2 aromatic carbocycles. The lowest BCUT2D eigenvalue weighted by Crippen LogP contribution is -2.28. The van der Waals surface area contributed by atoms with E-state index < -0.39 is 54.5 Å². The largest absolute Gasteiger partial charge is 0.519 e. The van der Waals surface area contributed by atoms with Gasteiger partial charge in [0.25, 0.3) is 11.8 Å². The van der Waals surface area contributed by atoms with E-state index in [0.29, 0.717) is 34.8 Å². The molecular weight excluding hydrogens is 726 g/mol. The van der Waals surface area contributed by atoms with Gasteiger partial charge < -0.3 is 39.4 Å². The van der Waals surface area contributed by atoms with Crippen molar-refractivity contribution in [3.05, 3.63) is 111 Å². The van der Waals surface area contributed by atoms with Gasteiger partial charge in [-0.15, -0.1) is 0 Å². The Balaban J connectivity index is 1.41. The van der Waals surface area contributed by atoms with Crippen molar-refractivity contribution in [1.29, 1.82) is 0 Å². The zero-order valence-electron chi connectivity index (χ0n) is 31.4. The number of carbonyl (C=O) groups is 5. The summed E-state index contributed by atoms with van der Waals surface area (Å²) < 4.78 is 25.2. The number of anilines is 1. The molecule has 0 aliphatic heterocycles. The van der Waals surface area contributed by atoms with Crippen LogP contribution in [0.5, 0.6) is 0 Å². The number of nitrogens with one attached hydrogen (secondary N) is 2. The first-order chi connectivity index (χ1) is 26.6. The number of aliphatic imine (C=N–C) groups is 1. The van der Waals surface area contributed by atoms with Gasteiger partial charge in [-0.3, -0.25) is 14.4 Å². The van der Waals surface area contributed by atoms with Gasteiger partial charge in [-0.2, -0.15) is 4.99 Å². The van der Waals surface area contributed by atoms with E-state index in [4.69, 9.17) is 28.8 Å². The normalized spacial score (nSPS) is 13.1. The van der Waals surface area contributed by atoms with E-state index in [2.05, 4.69) is 27.2 Å². The summed E-state index contributed by atoms with van der Waals surface area (Å²) in [5.74, 6) is -3.63. The van der Waals surface area contributed by atoms with Crippen LogP contribution in [0.1, 0.15) is 93.2 Å². The first kappa shape index (κ1) is 40.3. The molecule has 1 fully saturated rings. The SMILES string of the molecule is C=Cc1cc(C(=O)Nc2ccc(C(N)=NC(=O)OCc3oc(=O)oc3C)cc2)c(-c2ccc(C(=O)NCC3CC3)nc2C(=O)OC(C)OC(=O)C(C)C)cc1C. The third kappa shape index (κ3) is 10.2. The second-order valence-electron chi connectivity index (χ2n) is 13.3. The van der Waals surface area contributed by atoms with E-state index in [1.807, 2.05) is 0 Å². The van der Waals surface area contributed by atoms with Crippen molar-refractivity contribution in [3.8, 4) is 11.1 Å². The minimum atomic E-state index is -1.28. The third-order valence-corrected chi connectivity index (χ3v) is 8.57. The Kier molecular flexibility index (Phi) is 12.6. The van der Waals surface area contributed by atoms with E-state index in [1.54, 1.807) is 39.0 Å². The lowest BCUT2D eigenvalue weighted by atomic mass is 9.92. The maximum atomic E-state index is 14.0. The van der Waals surface area contributed by atoms with Crippen molar-refractivity contribution in [2.45, 2.75) is 60.4 Å². The summed E-state index contributed by atoms with van der Waals surface area (Å²) in [7, 11) is 0. The van der Waals surface area contributed by atoms with Gasteiger partial charge in [0.05, 0.1) is 5.92 Å². The number of pyridine rings is 1. The summed E-state index contributed by atoms with van der Waals surface area (Å²) >= 11 is 0. The minimum absolute atomic E-state index is 0.0316. The highest BCUT2D eigenvalue weighted by Crippen LogP contribution is 2.32. The van der Waals surface area contributed by atoms with Gasteiger partial charge in [-0.05, 0) is 97.8 Å². The Morgan fingerprint density at radius 2 is 1.70 bits per heavy atom. The predicted molar refractivity (Wildman–Crippen MR) is 203 cm³/mol. The van der Waals surface area contributed by atoms with Gasteiger partial charge in [0, 0.05) is 35.8 Å². The molecule has 1 atom stereocenters. The van der Waals surface area contributed by atoms with Crippen molar-refractivity contribution in [3.63, 3.8) is 0 Å². The first-order valence-corrected chi connectivity index (χ1v) is 17.6. The van der Waals surface area contributed by atoms with Crippen LogP contribution in [0.4, 0.5) is 10.5 Å². The number of nitrogens with zero attached hydrogens (tertiary/aromatic N) is 2. The van der Waals surface area contributed by atoms with Gasteiger partial charge in [0.15, 0.2) is 23.8 Å². The molecule has 4 N–H and O–H groups in total. The highest BCUT2D eigenvalue weighted by atomic mass is 16.7. The fourth-order valence-corrected chi connectivity index (χ4v) is 5.25. The maximum Gasteiger partial charge on any atom is 0.519 e. The number of aryl methyl sites for hydroxylation is 2. The molecule has 56 heavy (non-hydrogen) atoms. The first-order valence-electron chi connectivity index (χ1n) is 17.6. The van der Waals surface area contributed by atoms with Crippen LogP contribution in [-0.4, -0.2) is 53.5 Å². The highest BCUT2D eigenvalue weighted by Gasteiger charge is 2.27. The lowest BCUT2D eigenvalue weighted by molar-refractivity contribution is -0.169. The Morgan fingerprint density at radius 3 is 2.32 bits per heavy atom. The molecule has 0 saturated heterocycles. The molecule has 0 bridgehead atoms. The Morgan fingerprint density at radius 1 is 0.982 bits per heavy atom. The zero-order valence-corrected chi connectivity index (χ0v) is 31.4. The predicted octanol–water partition coefficient (Wildman–Crippen LogP) is 5.69. The molecule has 1 aliphatic rings. The number of hydrogen-bond acceptors (Lipinski definition) is 12. The maximum absolute atomic E-state index is 14.0. The molecule has 0 radical (unpaired) electrons. The topological polar surface area (TPSA) is 232 Å². The number of carbonyl (C=O) groups excluding carboxylic acids is 5. The summed E-state index contributed by atoms with van der Waals surface area (Å²) in [5.41, 5.74) is 8.31. The van der Waals surface area contributed by atoms with Gasteiger partial charge in [-0.1, -0.05) is 26.5 Å². The van der Waals surface area contributed by atoms with Crippen molar-refractivity contribution in [2.24, 2.45) is 22.6 Å². The smallest absolute Gasteiger partial charge is 0.440 e. The van der Waals surface area contributed by atoms with Crippen molar-refractivity contribution < 1.29 is 47.0 Å². The van der Waals surface area contributed by atoms with Crippen LogP contribution in [0.3, 0.4) is 0 Å². The fourth-order valence-electron chi connectivity index (χ4n) is 5.25. The molecule has 1 unspecified atom stereocenters.